The van der Waals surface area contributed by atoms with Gasteiger partial charge in [0.25, 0.3) is 0 Å². The minimum absolute atomic E-state index is 0.186. The van der Waals surface area contributed by atoms with E-state index in [1.807, 2.05) is 67.6 Å². The maximum absolute atomic E-state index is 13.6. The number of thioether (sulfide) groups is 2. The molecule has 0 N–H and O–H groups in total. The van der Waals surface area contributed by atoms with E-state index in [2.05, 4.69) is 6.08 Å². The van der Waals surface area contributed by atoms with E-state index >= 15 is 0 Å². The van der Waals surface area contributed by atoms with Crippen LogP contribution in [0.2, 0.25) is 0 Å². The van der Waals surface area contributed by atoms with E-state index in [1.54, 1.807) is 23.5 Å². The molecule has 0 radical (unpaired) electrons. The monoisotopic (exact) mass is 439 g/mol. The Labute approximate surface area is 186 Å². The normalized spacial score (nSPS) is 22.5. The summed E-state index contributed by atoms with van der Waals surface area (Å²) in [6, 6.07) is 19.3. The standard InChI is InChI=1S/C24H25NO3S2/c1-17-22(19-11-6-3-7-12-19)28-24(27)25(17)23(26)20(15-18-9-4-2-5-10-18)16-21-29-13-8-14-30-21/h2-7,9-12,16-17,20,22H,8,13-15H2,1H3/t17-,20+,22-/m1/s1. The molecule has 2 aromatic carbocycles. The molecule has 2 heterocycles. The van der Waals surface area contributed by atoms with E-state index < -0.39 is 18.1 Å². The molecule has 2 amide bonds. The van der Waals surface area contributed by atoms with Crippen LogP contribution in [0.25, 0.3) is 0 Å². The zero-order valence-corrected chi connectivity index (χ0v) is 18.5. The number of hydrogen-bond acceptors (Lipinski definition) is 5. The Kier molecular flexibility index (Phi) is 6.85. The highest BCUT2D eigenvalue weighted by molar-refractivity contribution is 8.22. The van der Waals surface area contributed by atoms with Crippen molar-refractivity contribution in [3.05, 3.63) is 82.1 Å². The number of amides is 2. The van der Waals surface area contributed by atoms with E-state index in [-0.39, 0.29) is 11.9 Å². The second-order valence-corrected chi connectivity index (χ2v) is 10.0. The molecule has 6 heteroatoms. The number of imide groups is 1. The molecule has 0 saturated carbocycles. The lowest BCUT2D eigenvalue weighted by molar-refractivity contribution is -0.131. The zero-order valence-electron chi connectivity index (χ0n) is 16.9. The quantitative estimate of drug-likeness (QED) is 0.601. The van der Waals surface area contributed by atoms with E-state index in [1.165, 1.54) is 15.6 Å². The molecule has 30 heavy (non-hydrogen) atoms. The van der Waals surface area contributed by atoms with E-state index in [9.17, 15) is 9.59 Å². The van der Waals surface area contributed by atoms with Crippen molar-refractivity contribution in [2.45, 2.75) is 31.9 Å². The number of ether oxygens (including phenoxy) is 1. The van der Waals surface area contributed by atoms with E-state index in [0.29, 0.717) is 6.42 Å². The molecule has 0 aliphatic carbocycles. The molecule has 4 nitrogen and oxygen atoms in total. The minimum Gasteiger partial charge on any atom is -0.439 e. The van der Waals surface area contributed by atoms with Gasteiger partial charge < -0.3 is 4.74 Å². The molecule has 2 aliphatic rings. The number of carbonyl (C=O) groups is 2. The Morgan fingerprint density at radius 1 is 1.10 bits per heavy atom. The second kappa shape index (κ2) is 9.75. The Morgan fingerprint density at radius 2 is 1.73 bits per heavy atom. The summed E-state index contributed by atoms with van der Waals surface area (Å²) in [7, 11) is 0. The molecular formula is C24H25NO3S2. The van der Waals surface area contributed by atoms with Crippen LogP contribution in [0, 0.1) is 5.92 Å². The highest BCUT2D eigenvalue weighted by Crippen LogP contribution is 2.38. The second-order valence-electron chi connectivity index (χ2n) is 7.50. The highest BCUT2D eigenvalue weighted by Gasteiger charge is 2.45. The van der Waals surface area contributed by atoms with Gasteiger partial charge in [0.15, 0.2) is 0 Å². The van der Waals surface area contributed by atoms with Gasteiger partial charge in [0.1, 0.15) is 6.10 Å². The molecule has 2 aliphatic heterocycles. The van der Waals surface area contributed by atoms with Crippen molar-refractivity contribution in [1.29, 1.82) is 0 Å². The maximum atomic E-state index is 13.6. The van der Waals surface area contributed by atoms with Crippen molar-refractivity contribution in [1.82, 2.24) is 4.90 Å². The van der Waals surface area contributed by atoms with Gasteiger partial charge in [-0.25, -0.2) is 9.69 Å². The molecule has 156 valence electrons. The Morgan fingerprint density at radius 3 is 2.40 bits per heavy atom. The van der Waals surface area contributed by atoms with Crippen LogP contribution in [0.1, 0.15) is 30.6 Å². The van der Waals surface area contributed by atoms with Crippen LogP contribution in [0.3, 0.4) is 0 Å². The molecule has 2 saturated heterocycles. The number of benzene rings is 2. The summed E-state index contributed by atoms with van der Waals surface area (Å²) in [4.78, 5) is 27.6. The van der Waals surface area contributed by atoms with Gasteiger partial charge >= 0.3 is 6.09 Å². The summed E-state index contributed by atoms with van der Waals surface area (Å²) >= 11 is 3.60. The Hall–Kier alpha value is -2.18. The summed E-state index contributed by atoms with van der Waals surface area (Å²) in [5, 5.41) is 0. The first-order valence-electron chi connectivity index (χ1n) is 10.2. The maximum Gasteiger partial charge on any atom is 0.417 e. The van der Waals surface area contributed by atoms with Crippen LogP contribution in [0.4, 0.5) is 4.79 Å². The third kappa shape index (κ3) is 4.76. The van der Waals surface area contributed by atoms with Crippen LogP contribution in [0.15, 0.2) is 71.0 Å². The highest BCUT2D eigenvalue weighted by atomic mass is 32.2. The van der Waals surface area contributed by atoms with Crippen molar-refractivity contribution in [2.75, 3.05) is 11.5 Å². The Balaban J connectivity index is 1.59. The number of carbonyl (C=O) groups excluding carboxylic acids is 2. The minimum atomic E-state index is -0.554. The first-order valence-corrected chi connectivity index (χ1v) is 12.2. The number of cyclic esters (lactones) is 1. The molecule has 2 fully saturated rings. The fourth-order valence-corrected chi connectivity index (χ4v) is 6.33. The third-order valence-electron chi connectivity index (χ3n) is 5.37. The molecule has 0 aromatic heterocycles. The van der Waals surface area contributed by atoms with Gasteiger partial charge in [-0.15, -0.1) is 23.5 Å². The van der Waals surface area contributed by atoms with Crippen LogP contribution < -0.4 is 0 Å². The zero-order chi connectivity index (χ0) is 20.9. The summed E-state index contributed by atoms with van der Waals surface area (Å²) in [6.07, 6.45) is 2.81. The molecular weight excluding hydrogens is 414 g/mol. The average molecular weight is 440 g/mol. The molecule has 4 rings (SSSR count). The molecule has 0 unspecified atom stereocenters. The lowest BCUT2D eigenvalue weighted by atomic mass is 9.96. The number of hydrogen-bond donors (Lipinski definition) is 0. The number of rotatable bonds is 5. The van der Waals surface area contributed by atoms with Crippen molar-refractivity contribution in [3.63, 3.8) is 0 Å². The first-order chi connectivity index (χ1) is 14.6. The van der Waals surface area contributed by atoms with Gasteiger partial charge in [0.2, 0.25) is 5.91 Å². The smallest absolute Gasteiger partial charge is 0.417 e. The van der Waals surface area contributed by atoms with Crippen molar-refractivity contribution in [2.24, 2.45) is 5.92 Å². The fraction of sp³-hybridized carbons (Fsp3) is 0.333. The molecule has 0 bridgehead atoms. The van der Waals surface area contributed by atoms with E-state index in [0.717, 1.165) is 22.6 Å². The van der Waals surface area contributed by atoms with Gasteiger partial charge in [-0.2, -0.15) is 0 Å². The van der Waals surface area contributed by atoms with Crippen LogP contribution in [-0.4, -0.2) is 34.4 Å². The van der Waals surface area contributed by atoms with Gasteiger partial charge in [-0.05, 0) is 42.4 Å². The number of nitrogens with zero attached hydrogens (tertiary/aromatic N) is 1. The summed E-state index contributed by atoms with van der Waals surface area (Å²) in [6.45, 7) is 1.89. The van der Waals surface area contributed by atoms with Crippen molar-refractivity contribution in [3.8, 4) is 0 Å². The van der Waals surface area contributed by atoms with Crippen molar-refractivity contribution >= 4 is 35.5 Å². The first kappa shape index (κ1) is 21.1. The van der Waals surface area contributed by atoms with Crippen LogP contribution >= 0.6 is 23.5 Å². The van der Waals surface area contributed by atoms with Gasteiger partial charge in [-0.3, -0.25) is 4.79 Å². The lowest BCUT2D eigenvalue weighted by Gasteiger charge is -2.24. The van der Waals surface area contributed by atoms with E-state index in [4.69, 9.17) is 4.74 Å². The Bertz CT molecular complexity index is 909. The van der Waals surface area contributed by atoms with Crippen LogP contribution in [-0.2, 0) is 16.0 Å². The SMILES string of the molecule is C[C@@H]1[C@H](c2ccccc2)OC(=O)N1C(=O)[C@H](C=C1SCCCS1)Cc1ccccc1. The average Bonchev–Trinajstić information content (AvgIpc) is 3.09. The summed E-state index contributed by atoms with van der Waals surface area (Å²) < 4.78 is 6.80. The fourth-order valence-electron chi connectivity index (χ4n) is 3.82. The van der Waals surface area contributed by atoms with Crippen molar-refractivity contribution < 1.29 is 14.3 Å². The molecule has 0 spiro atoms. The lowest BCUT2D eigenvalue weighted by Crippen LogP contribution is -2.41. The van der Waals surface area contributed by atoms with Gasteiger partial charge in [0, 0.05) is 4.24 Å². The molecule has 2 aromatic rings. The van der Waals surface area contributed by atoms with Gasteiger partial charge in [0.05, 0.1) is 12.0 Å². The topological polar surface area (TPSA) is 46.6 Å². The molecule has 3 atom stereocenters. The third-order valence-corrected chi connectivity index (χ3v) is 7.90. The summed E-state index contributed by atoms with van der Waals surface area (Å²) in [5.74, 6) is 1.56. The van der Waals surface area contributed by atoms with Gasteiger partial charge in [-0.1, -0.05) is 66.7 Å². The predicted molar refractivity (Wildman–Crippen MR) is 123 cm³/mol. The van der Waals surface area contributed by atoms with Crippen LogP contribution in [0.5, 0.6) is 0 Å². The predicted octanol–water partition coefficient (Wildman–Crippen LogP) is 5.67. The largest absolute Gasteiger partial charge is 0.439 e. The summed E-state index contributed by atoms with van der Waals surface area (Å²) in [5.41, 5.74) is 1.99.